The van der Waals surface area contributed by atoms with Crippen molar-refractivity contribution in [1.82, 2.24) is 10.3 Å². The van der Waals surface area contributed by atoms with Gasteiger partial charge in [-0.25, -0.2) is 4.98 Å². The highest BCUT2D eigenvalue weighted by atomic mass is 19.4. The van der Waals surface area contributed by atoms with Crippen molar-refractivity contribution in [3.63, 3.8) is 0 Å². The largest absolute Gasteiger partial charge is 0.390 e. The Bertz CT molecular complexity index is 338. The quantitative estimate of drug-likeness (QED) is 0.833. The SMILES string of the molecule is CNC(Cc1ccnc(N)c1)CC(F)(F)F. The molecule has 1 atom stereocenters. The number of likely N-dealkylation sites (N-methyl/N-ethyl adjacent to an activating group) is 1. The van der Waals surface area contributed by atoms with E-state index in [1.54, 1.807) is 12.1 Å². The van der Waals surface area contributed by atoms with Crippen molar-refractivity contribution in [3.8, 4) is 0 Å². The third kappa shape index (κ3) is 4.48. The predicted octanol–water partition coefficient (Wildman–Crippen LogP) is 1.75. The maximum Gasteiger partial charge on any atom is 0.390 e. The molecule has 3 nitrogen and oxygen atoms in total. The first-order valence-corrected chi connectivity index (χ1v) is 4.85. The molecule has 1 heterocycles. The molecule has 0 amide bonds. The van der Waals surface area contributed by atoms with Gasteiger partial charge in [0.2, 0.25) is 0 Å². The molecule has 0 saturated heterocycles. The Kier molecular flexibility index (Phi) is 4.12. The molecule has 0 saturated carbocycles. The number of alkyl halides is 3. The van der Waals surface area contributed by atoms with Crippen LogP contribution in [0.5, 0.6) is 0 Å². The van der Waals surface area contributed by atoms with Crippen LogP contribution in [0.1, 0.15) is 12.0 Å². The highest BCUT2D eigenvalue weighted by molar-refractivity contribution is 5.32. The summed E-state index contributed by atoms with van der Waals surface area (Å²) in [4.78, 5) is 3.78. The molecular weight excluding hydrogens is 219 g/mol. The van der Waals surface area contributed by atoms with Crippen molar-refractivity contribution in [2.75, 3.05) is 12.8 Å². The first-order valence-electron chi connectivity index (χ1n) is 4.85. The first kappa shape index (κ1) is 12.8. The molecule has 0 aliphatic rings. The lowest BCUT2D eigenvalue weighted by Gasteiger charge is -2.18. The zero-order valence-corrected chi connectivity index (χ0v) is 8.88. The minimum Gasteiger partial charge on any atom is -0.384 e. The Balaban J connectivity index is 2.63. The molecule has 1 rings (SSSR count). The van der Waals surface area contributed by atoms with Gasteiger partial charge in [0.25, 0.3) is 0 Å². The van der Waals surface area contributed by atoms with Crippen molar-refractivity contribution >= 4 is 5.82 Å². The van der Waals surface area contributed by atoms with Crippen molar-refractivity contribution in [1.29, 1.82) is 0 Å². The van der Waals surface area contributed by atoms with E-state index in [1.165, 1.54) is 13.2 Å². The molecule has 3 N–H and O–H groups in total. The van der Waals surface area contributed by atoms with E-state index in [9.17, 15) is 13.2 Å². The van der Waals surface area contributed by atoms with Gasteiger partial charge in [0.05, 0.1) is 6.42 Å². The molecule has 1 aromatic heterocycles. The topological polar surface area (TPSA) is 50.9 Å². The summed E-state index contributed by atoms with van der Waals surface area (Å²) < 4.78 is 36.6. The Hall–Kier alpha value is -1.30. The van der Waals surface area contributed by atoms with E-state index in [1.807, 2.05) is 0 Å². The number of pyridine rings is 1. The van der Waals surface area contributed by atoms with Crippen LogP contribution in [0.2, 0.25) is 0 Å². The van der Waals surface area contributed by atoms with Crippen molar-refractivity contribution in [2.24, 2.45) is 0 Å². The van der Waals surface area contributed by atoms with Gasteiger partial charge in [-0.1, -0.05) is 0 Å². The summed E-state index contributed by atoms with van der Waals surface area (Å²) in [5.74, 6) is 0.319. The number of anilines is 1. The number of nitrogens with two attached hydrogens (primary N) is 1. The molecule has 0 bridgehead atoms. The summed E-state index contributed by atoms with van der Waals surface area (Å²) in [6, 6.07) is 2.61. The monoisotopic (exact) mass is 233 g/mol. The van der Waals surface area contributed by atoms with Crippen LogP contribution in [-0.2, 0) is 6.42 Å². The van der Waals surface area contributed by atoms with Gasteiger partial charge in [-0.15, -0.1) is 0 Å². The third-order valence-corrected chi connectivity index (χ3v) is 2.21. The average Bonchev–Trinajstić information content (AvgIpc) is 2.14. The van der Waals surface area contributed by atoms with Gasteiger partial charge in [-0.05, 0) is 31.2 Å². The van der Waals surface area contributed by atoms with Crippen molar-refractivity contribution < 1.29 is 13.2 Å². The van der Waals surface area contributed by atoms with Crippen LogP contribution < -0.4 is 11.1 Å². The first-order chi connectivity index (χ1) is 7.40. The van der Waals surface area contributed by atoms with Crippen LogP contribution in [0.3, 0.4) is 0 Å². The molecule has 0 radical (unpaired) electrons. The Morgan fingerprint density at radius 2 is 2.19 bits per heavy atom. The normalized spacial score (nSPS) is 13.8. The fourth-order valence-corrected chi connectivity index (χ4v) is 1.46. The van der Waals surface area contributed by atoms with Crippen LogP contribution in [-0.4, -0.2) is 24.2 Å². The van der Waals surface area contributed by atoms with E-state index in [2.05, 4.69) is 10.3 Å². The molecule has 0 fully saturated rings. The molecule has 1 aromatic rings. The summed E-state index contributed by atoms with van der Waals surface area (Å²) in [7, 11) is 1.51. The van der Waals surface area contributed by atoms with Crippen LogP contribution >= 0.6 is 0 Å². The number of nitrogens with zero attached hydrogens (tertiary/aromatic N) is 1. The zero-order chi connectivity index (χ0) is 12.2. The van der Waals surface area contributed by atoms with E-state index in [0.717, 1.165) is 5.56 Å². The lowest BCUT2D eigenvalue weighted by molar-refractivity contribution is -0.139. The summed E-state index contributed by atoms with van der Waals surface area (Å²) in [5, 5.41) is 2.65. The molecular formula is C10H14F3N3. The summed E-state index contributed by atoms with van der Waals surface area (Å²) in [5.41, 5.74) is 6.20. The molecule has 0 spiro atoms. The fourth-order valence-electron chi connectivity index (χ4n) is 1.46. The zero-order valence-electron chi connectivity index (χ0n) is 8.88. The number of nitrogens with one attached hydrogen (secondary N) is 1. The van der Waals surface area contributed by atoms with E-state index in [4.69, 9.17) is 5.73 Å². The van der Waals surface area contributed by atoms with Crippen molar-refractivity contribution in [2.45, 2.75) is 25.1 Å². The lowest BCUT2D eigenvalue weighted by Crippen LogP contribution is -2.32. The van der Waals surface area contributed by atoms with Gasteiger partial charge in [0.15, 0.2) is 0 Å². The second-order valence-electron chi connectivity index (χ2n) is 3.60. The molecule has 0 aromatic carbocycles. The number of hydrogen-bond acceptors (Lipinski definition) is 3. The number of hydrogen-bond donors (Lipinski definition) is 2. The number of aromatic nitrogens is 1. The summed E-state index contributed by atoms with van der Waals surface area (Å²) in [6.07, 6.45) is -3.24. The second kappa shape index (κ2) is 5.16. The van der Waals surface area contributed by atoms with E-state index in [-0.39, 0.29) is 6.42 Å². The maximum absolute atomic E-state index is 12.2. The van der Waals surface area contributed by atoms with Crippen LogP contribution in [0.15, 0.2) is 18.3 Å². The highest BCUT2D eigenvalue weighted by Crippen LogP contribution is 2.23. The lowest BCUT2D eigenvalue weighted by atomic mass is 10.0. The Morgan fingerprint density at radius 3 is 2.69 bits per heavy atom. The van der Waals surface area contributed by atoms with Gasteiger partial charge >= 0.3 is 6.18 Å². The minimum absolute atomic E-state index is 0.280. The van der Waals surface area contributed by atoms with Gasteiger partial charge in [-0.3, -0.25) is 0 Å². The molecule has 0 aliphatic carbocycles. The van der Waals surface area contributed by atoms with Crippen LogP contribution in [0, 0.1) is 0 Å². The maximum atomic E-state index is 12.2. The van der Waals surface area contributed by atoms with Gasteiger partial charge in [0, 0.05) is 12.2 Å². The van der Waals surface area contributed by atoms with E-state index in [0.29, 0.717) is 5.82 Å². The van der Waals surface area contributed by atoms with Crippen LogP contribution in [0.4, 0.5) is 19.0 Å². The minimum atomic E-state index is -4.16. The third-order valence-electron chi connectivity index (χ3n) is 2.21. The molecule has 6 heteroatoms. The molecule has 0 aliphatic heterocycles. The fraction of sp³-hybridized carbons (Fsp3) is 0.500. The van der Waals surface area contributed by atoms with Crippen molar-refractivity contribution in [3.05, 3.63) is 23.9 Å². The molecule has 16 heavy (non-hydrogen) atoms. The Labute approximate surface area is 91.9 Å². The second-order valence-corrected chi connectivity index (χ2v) is 3.60. The van der Waals surface area contributed by atoms with E-state index < -0.39 is 18.6 Å². The van der Waals surface area contributed by atoms with Gasteiger partial charge in [-0.2, -0.15) is 13.2 Å². The van der Waals surface area contributed by atoms with Crippen LogP contribution in [0.25, 0.3) is 0 Å². The number of halogens is 3. The molecule has 1 unspecified atom stereocenters. The highest BCUT2D eigenvalue weighted by Gasteiger charge is 2.31. The van der Waals surface area contributed by atoms with E-state index >= 15 is 0 Å². The predicted molar refractivity (Wildman–Crippen MR) is 55.9 cm³/mol. The smallest absolute Gasteiger partial charge is 0.384 e. The summed E-state index contributed by atoms with van der Waals surface area (Å²) in [6.45, 7) is 0. The number of nitrogen functional groups attached to an aromatic ring is 1. The Morgan fingerprint density at radius 1 is 1.50 bits per heavy atom. The average molecular weight is 233 g/mol. The van der Waals surface area contributed by atoms with Gasteiger partial charge in [0.1, 0.15) is 5.82 Å². The standard InChI is InChI=1S/C10H14F3N3/c1-15-8(6-10(11,12)13)4-7-2-3-16-9(14)5-7/h2-3,5,8,15H,4,6H2,1H3,(H2,14,16). The summed E-state index contributed by atoms with van der Waals surface area (Å²) >= 11 is 0. The number of rotatable bonds is 4. The van der Waals surface area contributed by atoms with Gasteiger partial charge < -0.3 is 11.1 Å². The molecule has 90 valence electrons.